The number of carbonyl (C=O) groups is 2. The van der Waals surface area contributed by atoms with Crippen molar-refractivity contribution in [2.45, 2.75) is 25.5 Å². The van der Waals surface area contributed by atoms with Gasteiger partial charge in [-0.25, -0.2) is 0 Å². The minimum atomic E-state index is -0.299. The number of hydrogen-bond donors (Lipinski definition) is 2. The SMILES string of the molecule is CNC(=O)c1ccc(CNC(=O)COCC2CCCO2)o1. The van der Waals surface area contributed by atoms with Gasteiger partial charge in [-0.05, 0) is 25.0 Å². The van der Waals surface area contributed by atoms with Gasteiger partial charge < -0.3 is 24.5 Å². The van der Waals surface area contributed by atoms with E-state index in [4.69, 9.17) is 13.9 Å². The third kappa shape index (κ3) is 4.87. The van der Waals surface area contributed by atoms with Gasteiger partial charge in [0.25, 0.3) is 5.91 Å². The van der Waals surface area contributed by atoms with Crippen molar-refractivity contribution in [3.63, 3.8) is 0 Å². The van der Waals surface area contributed by atoms with Gasteiger partial charge in [0, 0.05) is 13.7 Å². The molecular formula is C14H20N2O5. The van der Waals surface area contributed by atoms with Crippen molar-refractivity contribution in [1.29, 1.82) is 0 Å². The fraction of sp³-hybridized carbons (Fsp3) is 0.571. The first-order valence-corrected chi connectivity index (χ1v) is 6.96. The second kappa shape index (κ2) is 7.80. The van der Waals surface area contributed by atoms with Crippen LogP contribution in [0.25, 0.3) is 0 Å². The van der Waals surface area contributed by atoms with E-state index < -0.39 is 0 Å². The molecule has 2 rings (SSSR count). The van der Waals surface area contributed by atoms with Gasteiger partial charge in [0.15, 0.2) is 5.76 Å². The van der Waals surface area contributed by atoms with Crippen LogP contribution in [0.3, 0.4) is 0 Å². The minimum absolute atomic E-state index is 0.0110. The number of hydrogen-bond acceptors (Lipinski definition) is 5. The van der Waals surface area contributed by atoms with Gasteiger partial charge in [-0.2, -0.15) is 0 Å². The van der Waals surface area contributed by atoms with Gasteiger partial charge in [0.2, 0.25) is 5.91 Å². The largest absolute Gasteiger partial charge is 0.454 e. The summed E-state index contributed by atoms with van der Waals surface area (Å²) in [5.41, 5.74) is 0. The van der Waals surface area contributed by atoms with E-state index in [0.29, 0.717) is 12.4 Å². The third-order valence-corrected chi connectivity index (χ3v) is 3.13. The first-order valence-electron chi connectivity index (χ1n) is 6.96. The minimum Gasteiger partial charge on any atom is -0.454 e. The summed E-state index contributed by atoms with van der Waals surface area (Å²) in [7, 11) is 1.53. The molecule has 0 spiro atoms. The summed E-state index contributed by atoms with van der Waals surface area (Å²) >= 11 is 0. The molecule has 7 nitrogen and oxygen atoms in total. The second-order valence-electron chi connectivity index (χ2n) is 4.77. The maximum Gasteiger partial charge on any atom is 0.286 e. The number of ether oxygens (including phenoxy) is 2. The molecule has 0 bridgehead atoms. The van der Waals surface area contributed by atoms with Gasteiger partial charge in [-0.1, -0.05) is 0 Å². The Hall–Kier alpha value is -1.86. The van der Waals surface area contributed by atoms with Crippen molar-refractivity contribution in [2.24, 2.45) is 0 Å². The van der Waals surface area contributed by atoms with Crippen LogP contribution in [-0.4, -0.2) is 44.8 Å². The van der Waals surface area contributed by atoms with E-state index in [2.05, 4.69) is 10.6 Å². The average Bonchev–Trinajstić information content (AvgIpc) is 3.15. The molecule has 0 saturated carbocycles. The second-order valence-corrected chi connectivity index (χ2v) is 4.77. The lowest BCUT2D eigenvalue weighted by atomic mass is 10.2. The lowest BCUT2D eigenvalue weighted by molar-refractivity contribution is -0.127. The molecule has 1 aliphatic heterocycles. The molecule has 2 N–H and O–H groups in total. The molecule has 1 aliphatic rings. The van der Waals surface area contributed by atoms with Gasteiger partial charge in [-0.3, -0.25) is 9.59 Å². The van der Waals surface area contributed by atoms with Crippen LogP contribution in [-0.2, 0) is 20.8 Å². The van der Waals surface area contributed by atoms with Crippen molar-refractivity contribution in [3.8, 4) is 0 Å². The van der Waals surface area contributed by atoms with Crippen molar-refractivity contribution < 1.29 is 23.5 Å². The highest BCUT2D eigenvalue weighted by atomic mass is 16.5. The van der Waals surface area contributed by atoms with E-state index in [-0.39, 0.29) is 36.8 Å². The zero-order valence-corrected chi connectivity index (χ0v) is 12.0. The van der Waals surface area contributed by atoms with Crippen molar-refractivity contribution in [2.75, 3.05) is 26.9 Å². The van der Waals surface area contributed by atoms with Gasteiger partial charge in [0.05, 0.1) is 19.3 Å². The van der Waals surface area contributed by atoms with E-state index in [1.807, 2.05) is 0 Å². The van der Waals surface area contributed by atoms with Crippen LogP contribution in [0.15, 0.2) is 16.5 Å². The summed E-state index contributed by atoms with van der Waals surface area (Å²) < 4.78 is 16.0. The Morgan fingerprint density at radius 2 is 2.29 bits per heavy atom. The Morgan fingerprint density at radius 3 is 3.00 bits per heavy atom. The monoisotopic (exact) mass is 296 g/mol. The normalized spacial score (nSPS) is 17.7. The van der Waals surface area contributed by atoms with Crippen LogP contribution in [0.1, 0.15) is 29.2 Å². The predicted octanol–water partition coefficient (Wildman–Crippen LogP) is 0.451. The van der Waals surface area contributed by atoms with Gasteiger partial charge in [-0.15, -0.1) is 0 Å². The lowest BCUT2D eigenvalue weighted by Crippen LogP contribution is -2.28. The molecule has 2 heterocycles. The molecule has 0 aromatic carbocycles. The predicted molar refractivity (Wildman–Crippen MR) is 73.7 cm³/mol. The standard InChI is InChI=1S/C14H20N2O5/c1-15-14(18)12-5-4-10(21-12)7-16-13(17)9-19-8-11-3-2-6-20-11/h4-5,11H,2-3,6-9H2,1H3,(H,15,18)(H,16,17). The van der Waals surface area contributed by atoms with E-state index in [1.165, 1.54) is 7.05 Å². The fourth-order valence-corrected chi connectivity index (χ4v) is 2.01. The summed E-state index contributed by atoms with van der Waals surface area (Å²) in [5, 5.41) is 5.13. The Morgan fingerprint density at radius 1 is 1.43 bits per heavy atom. The molecule has 2 amide bonds. The highest BCUT2D eigenvalue weighted by molar-refractivity contribution is 5.91. The molecule has 1 fully saturated rings. The lowest BCUT2D eigenvalue weighted by Gasteiger charge is -2.09. The van der Waals surface area contributed by atoms with Crippen LogP contribution >= 0.6 is 0 Å². The summed E-state index contributed by atoms with van der Waals surface area (Å²) in [5.74, 6) is 0.204. The quantitative estimate of drug-likeness (QED) is 0.762. The van der Waals surface area contributed by atoms with Crippen LogP contribution in [0.4, 0.5) is 0 Å². The van der Waals surface area contributed by atoms with Crippen LogP contribution in [0, 0.1) is 0 Å². The first kappa shape index (κ1) is 15.5. The van der Waals surface area contributed by atoms with Gasteiger partial charge in [0.1, 0.15) is 12.4 Å². The third-order valence-electron chi connectivity index (χ3n) is 3.13. The molecule has 1 aromatic rings. The molecule has 1 atom stereocenters. The molecule has 1 unspecified atom stereocenters. The van der Waals surface area contributed by atoms with Crippen molar-refractivity contribution >= 4 is 11.8 Å². The van der Waals surface area contributed by atoms with Crippen LogP contribution < -0.4 is 10.6 Å². The number of amides is 2. The average molecular weight is 296 g/mol. The number of rotatable bonds is 7. The molecule has 21 heavy (non-hydrogen) atoms. The summed E-state index contributed by atoms with van der Waals surface area (Å²) in [6.45, 7) is 1.42. The van der Waals surface area contributed by atoms with Crippen LogP contribution in [0.2, 0.25) is 0 Å². The zero-order valence-electron chi connectivity index (χ0n) is 12.0. The highest BCUT2D eigenvalue weighted by Gasteiger charge is 2.16. The van der Waals surface area contributed by atoms with E-state index in [9.17, 15) is 9.59 Å². The van der Waals surface area contributed by atoms with Gasteiger partial charge >= 0.3 is 0 Å². The maximum absolute atomic E-state index is 11.6. The Labute approximate surface area is 123 Å². The molecular weight excluding hydrogens is 276 g/mol. The molecule has 1 saturated heterocycles. The molecule has 0 aliphatic carbocycles. The Balaban J connectivity index is 1.64. The zero-order chi connectivity index (χ0) is 15.1. The van der Waals surface area contributed by atoms with Crippen molar-refractivity contribution in [1.82, 2.24) is 10.6 Å². The number of carbonyl (C=O) groups excluding carboxylic acids is 2. The maximum atomic E-state index is 11.6. The molecule has 0 radical (unpaired) electrons. The molecule has 116 valence electrons. The number of nitrogens with one attached hydrogen (secondary N) is 2. The van der Waals surface area contributed by atoms with Crippen molar-refractivity contribution in [3.05, 3.63) is 23.7 Å². The molecule has 1 aromatic heterocycles. The Bertz CT molecular complexity index is 479. The molecule has 7 heteroatoms. The van der Waals surface area contributed by atoms with E-state index in [1.54, 1.807) is 12.1 Å². The summed E-state index contributed by atoms with van der Waals surface area (Å²) in [4.78, 5) is 22.9. The summed E-state index contributed by atoms with van der Waals surface area (Å²) in [6.07, 6.45) is 2.14. The van der Waals surface area contributed by atoms with Crippen LogP contribution in [0.5, 0.6) is 0 Å². The first-order chi connectivity index (χ1) is 10.2. The smallest absolute Gasteiger partial charge is 0.286 e. The summed E-state index contributed by atoms with van der Waals surface area (Å²) in [6, 6.07) is 3.21. The van der Waals surface area contributed by atoms with E-state index >= 15 is 0 Å². The fourth-order valence-electron chi connectivity index (χ4n) is 2.01. The number of furan rings is 1. The topological polar surface area (TPSA) is 89.8 Å². The highest BCUT2D eigenvalue weighted by Crippen LogP contribution is 2.11. The Kier molecular flexibility index (Phi) is 5.77. The van der Waals surface area contributed by atoms with E-state index in [0.717, 1.165) is 19.4 Å².